The summed E-state index contributed by atoms with van der Waals surface area (Å²) in [7, 11) is 2.07. The van der Waals surface area contributed by atoms with Crippen molar-refractivity contribution in [1.82, 2.24) is 5.32 Å². The highest BCUT2D eigenvalue weighted by molar-refractivity contribution is 5.54. The van der Waals surface area contributed by atoms with E-state index in [-0.39, 0.29) is 17.5 Å². The molecule has 0 saturated carbocycles. The van der Waals surface area contributed by atoms with Crippen LogP contribution in [-0.4, -0.2) is 31.3 Å². The summed E-state index contributed by atoms with van der Waals surface area (Å²) < 4.78 is 19.3. The predicted molar refractivity (Wildman–Crippen MR) is 85.2 cm³/mol. The Kier molecular flexibility index (Phi) is 4.89. The molecule has 0 aliphatic carbocycles. The third-order valence-corrected chi connectivity index (χ3v) is 4.06. The molecule has 1 aliphatic heterocycles. The van der Waals surface area contributed by atoms with Gasteiger partial charge in [-0.25, -0.2) is 4.39 Å². The Balaban J connectivity index is 2.21. The van der Waals surface area contributed by atoms with E-state index in [1.54, 1.807) is 6.07 Å². The molecule has 21 heavy (non-hydrogen) atoms. The lowest BCUT2D eigenvalue weighted by molar-refractivity contribution is 0.118. The zero-order valence-electron chi connectivity index (χ0n) is 13.7. The van der Waals surface area contributed by atoms with Crippen LogP contribution < -0.4 is 10.2 Å². The zero-order valence-corrected chi connectivity index (χ0v) is 13.7. The minimum atomic E-state index is -0.187. The third-order valence-electron chi connectivity index (χ3n) is 4.06. The van der Waals surface area contributed by atoms with Gasteiger partial charge in [-0.2, -0.15) is 0 Å². The van der Waals surface area contributed by atoms with Crippen LogP contribution in [0.25, 0.3) is 0 Å². The van der Waals surface area contributed by atoms with Crippen molar-refractivity contribution >= 4 is 5.69 Å². The minimum Gasteiger partial charge on any atom is -0.376 e. The van der Waals surface area contributed by atoms with E-state index in [9.17, 15) is 4.39 Å². The predicted octanol–water partition coefficient (Wildman–Crippen LogP) is 3.33. The Morgan fingerprint density at radius 1 is 1.38 bits per heavy atom. The molecule has 2 unspecified atom stereocenters. The molecule has 3 nitrogen and oxygen atoms in total. The van der Waals surface area contributed by atoms with Crippen molar-refractivity contribution in [3.05, 3.63) is 29.6 Å². The van der Waals surface area contributed by atoms with Gasteiger partial charge in [0.2, 0.25) is 0 Å². The van der Waals surface area contributed by atoms with Crippen LogP contribution in [0.3, 0.4) is 0 Å². The number of nitrogens with zero attached hydrogens (tertiary/aromatic N) is 1. The first kappa shape index (κ1) is 16.2. The maximum Gasteiger partial charge on any atom is 0.123 e. The molecular formula is C17H27FN2O. The van der Waals surface area contributed by atoms with E-state index in [4.69, 9.17) is 4.74 Å². The first-order chi connectivity index (χ1) is 9.78. The molecule has 1 fully saturated rings. The molecule has 0 amide bonds. The van der Waals surface area contributed by atoms with Crippen molar-refractivity contribution < 1.29 is 9.13 Å². The van der Waals surface area contributed by atoms with Gasteiger partial charge in [0.25, 0.3) is 0 Å². The number of nitrogens with one attached hydrogen (secondary N) is 1. The summed E-state index contributed by atoms with van der Waals surface area (Å²) >= 11 is 0. The maximum atomic E-state index is 13.6. The number of hydrogen-bond acceptors (Lipinski definition) is 3. The maximum absolute atomic E-state index is 13.6. The van der Waals surface area contributed by atoms with E-state index in [1.165, 1.54) is 6.07 Å². The van der Waals surface area contributed by atoms with Crippen LogP contribution in [0.15, 0.2) is 18.2 Å². The molecule has 0 spiro atoms. The highest BCUT2D eigenvalue weighted by Crippen LogP contribution is 2.28. The number of likely N-dealkylation sites (N-methyl/N-ethyl adjacent to an activating group) is 1. The number of rotatable bonds is 4. The van der Waals surface area contributed by atoms with Crippen LogP contribution in [0.2, 0.25) is 0 Å². The Hall–Kier alpha value is -1.13. The summed E-state index contributed by atoms with van der Waals surface area (Å²) in [5.41, 5.74) is 2.08. The number of benzene rings is 1. The third kappa shape index (κ3) is 4.17. The molecular weight excluding hydrogens is 267 g/mol. The standard InChI is InChI=1S/C17H27FN2O/c1-12-15(8-9-21-12)20(5)16-7-6-14(18)10-13(16)11-19-17(2,3)4/h6-7,10,12,15,19H,8-9,11H2,1-5H3. The quantitative estimate of drug-likeness (QED) is 0.922. The smallest absolute Gasteiger partial charge is 0.123 e. The SMILES string of the molecule is CC1OCCC1N(C)c1ccc(F)cc1CNC(C)(C)C. The molecule has 1 aromatic rings. The molecule has 0 radical (unpaired) electrons. The highest BCUT2D eigenvalue weighted by atomic mass is 19.1. The first-order valence-electron chi connectivity index (χ1n) is 7.66. The Morgan fingerprint density at radius 3 is 2.67 bits per heavy atom. The van der Waals surface area contributed by atoms with Gasteiger partial charge >= 0.3 is 0 Å². The van der Waals surface area contributed by atoms with Crippen molar-refractivity contribution in [2.24, 2.45) is 0 Å². The average molecular weight is 294 g/mol. The van der Waals surface area contributed by atoms with Crippen molar-refractivity contribution in [3.63, 3.8) is 0 Å². The summed E-state index contributed by atoms with van der Waals surface area (Å²) in [5, 5.41) is 3.44. The average Bonchev–Trinajstić information content (AvgIpc) is 2.81. The molecule has 4 heteroatoms. The van der Waals surface area contributed by atoms with Crippen LogP contribution in [0.4, 0.5) is 10.1 Å². The van der Waals surface area contributed by atoms with Gasteiger partial charge < -0.3 is 15.0 Å². The topological polar surface area (TPSA) is 24.5 Å². The lowest BCUT2D eigenvalue weighted by atomic mass is 10.0. The van der Waals surface area contributed by atoms with Gasteiger partial charge in [0.05, 0.1) is 12.1 Å². The number of ether oxygens (including phenoxy) is 1. The van der Waals surface area contributed by atoms with Crippen molar-refractivity contribution in [2.45, 2.75) is 58.3 Å². The van der Waals surface area contributed by atoms with Crippen molar-refractivity contribution in [3.8, 4) is 0 Å². The zero-order chi connectivity index (χ0) is 15.6. The molecule has 2 rings (SSSR count). The monoisotopic (exact) mass is 294 g/mol. The Labute approximate surface area is 127 Å². The van der Waals surface area contributed by atoms with Gasteiger partial charge in [-0.05, 0) is 57.9 Å². The molecule has 0 aromatic heterocycles. The number of hydrogen-bond donors (Lipinski definition) is 1. The fourth-order valence-electron chi connectivity index (χ4n) is 2.81. The summed E-state index contributed by atoms with van der Waals surface area (Å²) in [6.45, 7) is 9.90. The molecule has 1 aliphatic rings. The van der Waals surface area contributed by atoms with Gasteiger partial charge in [0, 0.05) is 31.4 Å². The van der Waals surface area contributed by atoms with Gasteiger partial charge in [0.15, 0.2) is 0 Å². The van der Waals surface area contributed by atoms with E-state index in [1.807, 2.05) is 6.07 Å². The molecule has 2 atom stereocenters. The first-order valence-corrected chi connectivity index (χ1v) is 7.66. The second kappa shape index (κ2) is 6.32. The largest absolute Gasteiger partial charge is 0.376 e. The summed E-state index contributed by atoms with van der Waals surface area (Å²) in [4.78, 5) is 2.23. The van der Waals surface area contributed by atoms with Crippen molar-refractivity contribution in [1.29, 1.82) is 0 Å². The van der Waals surface area contributed by atoms with E-state index in [0.717, 1.165) is 24.3 Å². The number of anilines is 1. The number of halogens is 1. The van der Waals surface area contributed by atoms with E-state index < -0.39 is 0 Å². The fraction of sp³-hybridized carbons (Fsp3) is 0.647. The summed E-state index contributed by atoms with van der Waals surface area (Å²) in [5.74, 6) is -0.187. The van der Waals surface area contributed by atoms with Gasteiger partial charge in [0.1, 0.15) is 5.82 Å². The second-order valence-corrected chi connectivity index (χ2v) is 6.92. The summed E-state index contributed by atoms with van der Waals surface area (Å²) in [6, 6.07) is 5.39. The van der Waals surface area contributed by atoms with Crippen LogP contribution in [0, 0.1) is 5.82 Å². The Morgan fingerprint density at radius 2 is 2.10 bits per heavy atom. The van der Waals surface area contributed by atoms with Gasteiger partial charge in [-0.3, -0.25) is 0 Å². The molecule has 1 heterocycles. The minimum absolute atomic E-state index is 0.00587. The highest BCUT2D eigenvalue weighted by Gasteiger charge is 2.29. The molecule has 1 aromatic carbocycles. The van der Waals surface area contributed by atoms with E-state index >= 15 is 0 Å². The molecule has 118 valence electrons. The lowest BCUT2D eigenvalue weighted by Gasteiger charge is -2.31. The van der Waals surface area contributed by atoms with Crippen LogP contribution in [-0.2, 0) is 11.3 Å². The molecule has 0 bridgehead atoms. The van der Waals surface area contributed by atoms with E-state index in [2.05, 4.69) is 45.0 Å². The second-order valence-electron chi connectivity index (χ2n) is 6.92. The van der Waals surface area contributed by atoms with Gasteiger partial charge in [-0.1, -0.05) is 0 Å². The summed E-state index contributed by atoms with van der Waals surface area (Å²) in [6.07, 6.45) is 1.23. The van der Waals surface area contributed by atoms with Crippen LogP contribution in [0.5, 0.6) is 0 Å². The normalized spacial score (nSPS) is 22.6. The Bertz CT molecular complexity index is 484. The van der Waals surface area contributed by atoms with Crippen molar-refractivity contribution in [2.75, 3.05) is 18.6 Å². The van der Waals surface area contributed by atoms with Crippen LogP contribution >= 0.6 is 0 Å². The molecule has 1 saturated heterocycles. The van der Waals surface area contributed by atoms with Crippen LogP contribution in [0.1, 0.15) is 39.7 Å². The molecule has 1 N–H and O–H groups in total. The van der Waals surface area contributed by atoms with E-state index in [0.29, 0.717) is 12.6 Å². The fourth-order valence-corrected chi connectivity index (χ4v) is 2.81. The van der Waals surface area contributed by atoms with Gasteiger partial charge in [-0.15, -0.1) is 0 Å². The lowest BCUT2D eigenvalue weighted by Crippen LogP contribution is -2.39.